The first-order valence-corrected chi connectivity index (χ1v) is 9.19. The number of aryl methyl sites for hydroxylation is 1. The number of hydrogen-bond acceptors (Lipinski definition) is 4. The average molecular weight is 409 g/mol. The molecule has 0 atom stereocenters. The quantitative estimate of drug-likeness (QED) is 0.518. The van der Waals surface area contributed by atoms with Crippen molar-refractivity contribution in [1.82, 2.24) is 5.43 Å². The Hall–Kier alpha value is -2.24. The highest BCUT2D eigenvalue weighted by Gasteiger charge is 2.12. The molecule has 2 N–H and O–H groups in total. The van der Waals surface area contributed by atoms with Gasteiger partial charge in [0, 0.05) is 10.6 Å². The number of hydrogen-bond donors (Lipinski definition) is 2. The lowest BCUT2D eigenvalue weighted by Crippen LogP contribution is -2.26. The van der Waals surface area contributed by atoms with Crippen LogP contribution >= 0.6 is 23.2 Å². The van der Waals surface area contributed by atoms with Crippen LogP contribution < -0.4 is 10.2 Å². The standard InChI is InChI=1S/C20H22Cl2N2O3/c1-11(2)15-6-5-12(3)7-18(15)27-10-19(25)24-23-13(4)16-8-14(21)9-17(22)20(16)26/h5-9,11,26H,10H2,1-4H3,(H,24,25). The number of hydrazone groups is 1. The third kappa shape index (κ3) is 5.62. The van der Waals surface area contributed by atoms with E-state index >= 15 is 0 Å². The number of phenolic OH excluding ortho intramolecular Hbond substituents is 1. The minimum atomic E-state index is -0.418. The number of phenols is 1. The van der Waals surface area contributed by atoms with Gasteiger partial charge in [-0.3, -0.25) is 4.79 Å². The van der Waals surface area contributed by atoms with E-state index in [1.54, 1.807) is 6.92 Å². The highest BCUT2D eigenvalue weighted by molar-refractivity contribution is 6.36. The lowest BCUT2D eigenvalue weighted by molar-refractivity contribution is -0.123. The van der Waals surface area contributed by atoms with Gasteiger partial charge in [-0.05, 0) is 49.1 Å². The van der Waals surface area contributed by atoms with E-state index in [1.165, 1.54) is 12.1 Å². The molecule has 0 spiro atoms. The Labute approximate surface area is 168 Å². The van der Waals surface area contributed by atoms with Crippen LogP contribution in [-0.4, -0.2) is 23.3 Å². The normalized spacial score (nSPS) is 11.6. The van der Waals surface area contributed by atoms with Crippen LogP contribution in [0.15, 0.2) is 35.4 Å². The van der Waals surface area contributed by atoms with E-state index in [9.17, 15) is 9.90 Å². The zero-order chi connectivity index (χ0) is 20.1. The number of amides is 1. The van der Waals surface area contributed by atoms with Gasteiger partial charge in [0.05, 0.1) is 10.7 Å². The molecule has 144 valence electrons. The Balaban J connectivity index is 2.05. The maximum atomic E-state index is 12.1. The van der Waals surface area contributed by atoms with Crippen molar-refractivity contribution < 1.29 is 14.6 Å². The molecule has 2 aromatic rings. The summed E-state index contributed by atoms with van der Waals surface area (Å²) in [6.45, 7) is 7.54. The van der Waals surface area contributed by atoms with Crippen molar-refractivity contribution in [3.05, 3.63) is 57.1 Å². The highest BCUT2D eigenvalue weighted by Crippen LogP contribution is 2.31. The van der Waals surface area contributed by atoms with Crippen LogP contribution in [0, 0.1) is 6.92 Å². The van der Waals surface area contributed by atoms with Crippen molar-refractivity contribution in [2.24, 2.45) is 5.10 Å². The highest BCUT2D eigenvalue weighted by atomic mass is 35.5. The van der Waals surface area contributed by atoms with Gasteiger partial charge in [0.2, 0.25) is 0 Å². The van der Waals surface area contributed by atoms with Gasteiger partial charge in [-0.25, -0.2) is 5.43 Å². The first-order valence-electron chi connectivity index (χ1n) is 8.44. The molecule has 2 aromatic carbocycles. The predicted octanol–water partition coefficient (Wildman–Crippen LogP) is 5.05. The fourth-order valence-corrected chi connectivity index (χ4v) is 2.96. The second-order valence-electron chi connectivity index (χ2n) is 6.50. The number of aromatic hydroxyl groups is 1. The molecule has 5 nitrogen and oxygen atoms in total. The maximum absolute atomic E-state index is 12.1. The van der Waals surface area contributed by atoms with Crippen LogP contribution in [-0.2, 0) is 4.79 Å². The Morgan fingerprint density at radius 3 is 2.63 bits per heavy atom. The van der Waals surface area contributed by atoms with Crippen molar-refractivity contribution in [3.8, 4) is 11.5 Å². The molecule has 2 rings (SSSR count). The van der Waals surface area contributed by atoms with E-state index in [1.807, 2.05) is 25.1 Å². The molecular formula is C20H22Cl2N2O3. The van der Waals surface area contributed by atoms with Crippen molar-refractivity contribution in [3.63, 3.8) is 0 Å². The molecule has 0 radical (unpaired) electrons. The van der Waals surface area contributed by atoms with E-state index in [4.69, 9.17) is 27.9 Å². The summed E-state index contributed by atoms with van der Waals surface area (Å²) in [5.41, 5.74) is 5.20. The second-order valence-corrected chi connectivity index (χ2v) is 7.34. The lowest BCUT2D eigenvalue weighted by atomic mass is 10.0. The molecule has 0 heterocycles. The molecule has 0 fully saturated rings. The minimum absolute atomic E-state index is 0.113. The first-order chi connectivity index (χ1) is 12.7. The maximum Gasteiger partial charge on any atom is 0.277 e. The molecule has 0 bridgehead atoms. The number of nitrogens with one attached hydrogen (secondary N) is 1. The summed E-state index contributed by atoms with van der Waals surface area (Å²) < 4.78 is 5.67. The van der Waals surface area contributed by atoms with Gasteiger partial charge in [-0.1, -0.05) is 49.2 Å². The number of benzene rings is 2. The smallest absolute Gasteiger partial charge is 0.277 e. The van der Waals surface area contributed by atoms with E-state index < -0.39 is 5.91 Å². The van der Waals surface area contributed by atoms with Gasteiger partial charge in [0.25, 0.3) is 5.91 Å². The number of halogens is 2. The first kappa shape index (κ1) is 21.1. The molecule has 1 amide bonds. The molecule has 27 heavy (non-hydrogen) atoms. The molecule has 0 aliphatic rings. The van der Waals surface area contributed by atoms with Gasteiger partial charge in [-0.2, -0.15) is 5.10 Å². The number of carbonyl (C=O) groups is 1. The molecular weight excluding hydrogens is 387 g/mol. The van der Waals surface area contributed by atoms with Crippen LogP contribution in [0.25, 0.3) is 0 Å². The van der Waals surface area contributed by atoms with Crippen LogP contribution in [0.5, 0.6) is 11.5 Å². The van der Waals surface area contributed by atoms with E-state index in [2.05, 4.69) is 24.4 Å². The van der Waals surface area contributed by atoms with Gasteiger partial charge in [-0.15, -0.1) is 0 Å². The summed E-state index contributed by atoms with van der Waals surface area (Å²) in [5, 5.41) is 14.5. The van der Waals surface area contributed by atoms with Crippen molar-refractivity contribution >= 4 is 34.8 Å². The Morgan fingerprint density at radius 2 is 1.96 bits per heavy atom. The summed E-state index contributed by atoms with van der Waals surface area (Å²) >= 11 is 11.8. The average Bonchev–Trinajstić information content (AvgIpc) is 2.60. The summed E-state index contributed by atoms with van der Waals surface area (Å²) in [4.78, 5) is 12.1. The Morgan fingerprint density at radius 1 is 1.26 bits per heavy atom. The zero-order valence-corrected chi connectivity index (χ0v) is 17.1. The van der Waals surface area contributed by atoms with Gasteiger partial charge in [0.1, 0.15) is 11.5 Å². The zero-order valence-electron chi connectivity index (χ0n) is 15.6. The van der Waals surface area contributed by atoms with Crippen molar-refractivity contribution in [2.75, 3.05) is 6.61 Å². The summed E-state index contributed by atoms with van der Waals surface area (Å²) in [5.74, 6) is 0.395. The predicted molar refractivity (Wildman–Crippen MR) is 109 cm³/mol. The van der Waals surface area contributed by atoms with Gasteiger partial charge < -0.3 is 9.84 Å². The summed E-state index contributed by atoms with van der Waals surface area (Å²) in [6, 6.07) is 8.87. The second kappa shape index (κ2) is 9.11. The summed E-state index contributed by atoms with van der Waals surface area (Å²) in [6.07, 6.45) is 0. The van der Waals surface area contributed by atoms with Gasteiger partial charge in [0.15, 0.2) is 6.61 Å². The van der Waals surface area contributed by atoms with Crippen LogP contribution in [0.4, 0.5) is 0 Å². The SMILES string of the molecule is CC(=NNC(=O)COc1cc(C)ccc1C(C)C)c1cc(Cl)cc(Cl)c1O. The number of carbonyl (C=O) groups excluding carboxylic acids is 1. The largest absolute Gasteiger partial charge is 0.506 e. The monoisotopic (exact) mass is 408 g/mol. The molecule has 0 saturated heterocycles. The molecule has 0 unspecified atom stereocenters. The topological polar surface area (TPSA) is 70.9 Å². The van der Waals surface area contributed by atoms with Crippen molar-refractivity contribution in [1.29, 1.82) is 0 Å². The van der Waals surface area contributed by atoms with E-state index in [0.29, 0.717) is 22.0 Å². The lowest BCUT2D eigenvalue weighted by Gasteiger charge is -2.14. The van der Waals surface area contributed by atoms with Crippen LogP contribution in [0.1, 0.15) is 43.4 Å². The molecule has 0 aliphatic heterocycles. The third-order valence-electron chi connectivity index (χ3n) is 3.92. The fourth-order valence-electron chi connectivity index (χ4n) is 2.47. The summed E-state index contributed by atoms with van der Waals surface area (Å²) in [7, 11) is 0. The number of rotatable bonds is 6. The Kier molecular flexibility index (Phi) is 7.11. The van der Waals surface area contributed by atoms with Crippen LogP contribution in [0.3, 0.4) is 0 Å². The third-order valence-corrected chi connectivity index (χ3v) is 4.42. The minimum Gasteiger partial charge on any atom is -0.506 e. The number of nitrogens with zero attached hydrogens (tertiary/aromatic N) is 1. The van der Waals surface area contributed by atoms with E-state index in [0.717, 1.165) is 11.1 Å². The molecule has 0 aromatic heterocycles. The Bertz CT molecular complexity index is 880. The van der Waals surface area contributed by atoms with Crippen LogP contribution in [0.2, 0.25) is 10.0 Å². The molecule has 0 saturated carbocycles. The van der Waals surface area contributed by atoms with Crippen molar-refractivity contribution in [2.45, 2.75) is 33.6 Å². The molecule has 0 aliphatic carbocycles. The van der Waals surface area contributed by atoms with E-state index in [-0.39, 0.29) is 23.3 Å². The number of ether oxygens (including phenoxy) is 1. The van der Waals surface area contributed by atoms with Gasteiger partial charge >= 0.3 is 0 Å². The molecule has 7 heteroatoms. The fraction of sp³-hybridized carbons (Fsp3) is 0.300.